The van der Waals surface area contributed by atoms with E-state index in [1.165, 1.54) is 51.4 Å². The normalized spacial score (nSPS) is 33.8. The van der Waals surface area contributed by atoms with E-state index in [0.29, 0.717) is 29.5 Å². The number of rotatable bonds is 6. The highest BCUT2D eigenvalue weighted by molar-refractivity contribution is 5.80. The monoisotopic (exact) mass is 307 g/mol. The molecule has 2 saturated carbocycles. The summed E-state index contributed by atoms with van der Waals surface area (Å²) in [5, 5.41) is 7.34. The van der Waals surface area contributed by atoms with Crippen molar-refractivity contribution in [2.75, 3.05) is 13.7 Å². The molecule has 3 fully saturated rings. The molecule has 0 aromatic rings. The zero-order valence-electron chi connectivity index (χ0n) is 14.5. The lowest BCUT2D eigenvalue weighted by molar-refractivity contribution is -0.171. The maximum Gasteiger partial charge on any atom is 0.191 e. The zero-order valence-corrected chi connectivity index (χ0v) is 14.5. The number of fused-ring (bicyclic) bond motifs is 2. The molecule has 126 valence electrons. The third kappa shape index (κ3) is 2.75. The molecule has 4 nitrogen and oxygen atoms in total. The Morgan fingerprint density at radius 3 is 2.82 bits per heavy atom. The summed E-state index contributed by atoms with van der Waals surface area (Å²) in [7, 11) is 1.89. The van der Waals surface area contributed by atoms with Gasteiger partial charge in [0.05, 0.1) is 6.10 Å². The van der Waals surface area contributed by atoms with Gasteiger partial charge in [-0.15, -0.1) is 0 Å². The molecule has 1 heterocycles. The van der Waals surface area contributed by atoms with E-state index in [1.807, 2.05) is 7.05 Å². The second-order valence-corrected chi connectivity index (χ2v) is 7.57. The van der Waals surface area contributed by atoms with E-state index < -0.39 is 0 Å². The van der Waals surface area contributed by atoms with Crippen LogP contribution in [0.4, 0.5) is 0 Å². The average Bonchev–Trinajstić information content (AvgIpc) is 2.87. The topological polar surface area (TPSA) is 45.7 Å². The SMILES string of the molecule is CCCCCC(C)NC(=NC)NC1C2CCOC2C12CCC2. The van der Waals surface area contributed by atoms with Gasteiger partial charge in [0.1, 0.15) is 0 Å². The van der Waals surface area contributed by atoms with Gasteiger partial charge in [-0.2, -0.15) is 0 Å². The van der Waals surface area contributed by atoms with Gasteiger partial charge in [-0.3, -0.25) is 4.99 Å². The summed E-state index contributed by atoms with van der Waals surface area (Å²) in [5.41, 5.74) is 0.421. The highest BCUT2D eigenvalue weighted by Gasteiger charge is 2.66. The van der Waals surface area contributed by atoms with Gasteiger partial charge >= 0.3 is 0 Å². The van der Waals surface area contributed by atoms with Crippen LogP contribution in [0.25, 0.3) is 0 Å². The lowest BCUT2D eigenvalue weighted by Gasteiger charge is -2.63. The number of guanidine groups is 1. The van der Waals surface area contributed by atoms with Gasteiger partial charge in [-0.25, -0.2) is 0 Å². The first-order valence-corrected chi connectivity index (χ1v) is 9.32. The molecule has 22 heavy (non-hydrogen) atoms. The van der Waals surface area contributed by atoms with Crippen molar-refractivity contribution >= 4 is 5.96 Å². The summed E-state index contributed by atoms with van der Waals surface area (Å²) in [5.74, 6) is 1.69. The highest BCUT2D eigenvalue weighted by atomic mass is 16.5. The standard InChI is InChI=1S/C18H33N3O/c1-4-5-6-8-13(2)20-17(19-3)21-15-14-9-12-22-16(14)18(15)10-7-11-18/h13-16H,4-12H2,1-3H3,(H2,19,20,21). The molecule has 3 rings (SSSR count). The number of aliphatic imine (C=N–C) groups is 1. The van der Waals surface area contributed by atoms with Crippen LogP contribution in [0.3, 0.4) is 0 Å². The zero-order chi connectivity index (χ0) is 15.6. The third-order valence-electron chi connectivity index (χ3n) is 6.18. The molecule has 0 amide bonds. The van der Waals surface area contributed by atoms with Crippen LogP contribution in [0.5, 0.6) is 0 Å². The van der Waals surface area contributed by atoms with Gasteiger partial charge in [-0.05, 0) is 32.6 Å². The highest BCUT2D eigenvalue weighted by Crippen LogP contribution is 2.62. The molecule has 3 aliphatic rings. The van der Waals surface area contributed by atoms with Crippen molar-refractivity contribution in [3.63, 3.8) is 0 Å². The van der Waals surface area contributed by atoms with Crippen molar-refractivity contribution in [3.8, 4) is 0 Å². The van der Waals surface area contributed by atoms with Crippen molar-refractivity contribution in [2.24, 2.45) is 16.3 Å². The number of hydrogen-bond donors (Lipinski definition) is 2. The number of unbranched alkanes of at least 4 members (excludes halogenated alkanes) is 2. The Bertz CT molecular complexity index is 405. The van der Waals surface area contributed by atoms with Crippen molar-refractivity contribution in [1.29, 1.82) is 0 Å². The molecule has 0 aromatic heterocycles. The third-order valence-corrected chi connectivity index (χ3v) is 6.18. The van der Waals surface area contributed by atoms with Gasteiger partial charge in [0.25, 0.3) is 0 Å². The van der Waals surface area contributed by atoms with Crippen LogP contribution < -0.4 is 10.6 Å². The van der Waals surface area contributed by atoms with Gasteiger partial charge in [0.2, 0.25) is 0 Å². The number of nitrogens with one attached hydrogen (secondary N) is 2. The molecule has 4 atom stereocenters. The Kier molecular flexibility index (Phi) is 4.96. The molecule has 0 aromatic carbocycles. The van der Waals surface area contributed by atoms with Crippen LogP contribution in [0, 0.1) is 11.3 Å². The Morgan fingerprint density at radius 1 is 1.36 bits per heavy atom. The van der Waals surface area contributed by atoms with Crippen LogP contribution in [0.2, 0.25) is 0 Å². The van der Waals surface area contributed by atoms with Gasteiger partial charge < -0.3 is 15.4 Å². The second-order valence-electron chi connectivity index (χ2n) is 7.57. The second kappa shape index (κ2) is 6.77. The van der Waals surface area contributed by atoms with Crippen LogP contribution in [-0.4, -0.2) is 37.8 Å². The maximum absolute atomic E-state index is 6.00. The van der Waals surface area contributed by atoms with E-state index in [4.69, 9.17) is 4.74 Å². The van der Waals surface area contributed by atoms with Crippen molar-refractivity contribution < 1.29 is 4.74 Å². The molecule has 2 N–H and O–H groups in total. The Hall–Kier alpha value is -0.770. The summed E-state index contributed by atoms with van der Waals surface area (Å²) in [6.45, 7) is 5.48. The van der Waals surface area contributed by atoms with Gasteiger partial charge in [-0.1, -0.05) is 32.6 Å². The van der Waals surface area contributed by atoms with Crippen LogP contribution in [0.1, 0.15) is 65.2 Å². The molecule has 4 unspecified atom stereocenters. The van der Waals surface area contributed by atoms with Crippen LogP contribution in [-0.2, 0) is 4.74 Å². The first kappa shape index (κ1) is 16.1. The minimum absolute atomic E-state index is 0.421. The van der Waals surface area contributed by atoms with E-state index in [2.05, 4.69) is 29.5 Å². The lowest BCUT2D eigenvalue weighted by atomic mass is 9.46. The predicted molar refractivity (Wildman–Crippen MR) is 91.2 cm³/mol. The predicted octanol–water partition coefficient (Wildman–Crippen LogP) is 3.08. The van der Waals surface area contributed by atoms with E-state index >= 15 is 0 Å². The summed E-state index contributed by atoms with van der Waals surface area (Å²) < 4.78 is 6.00. The molecule has 2 aliphatic carbocycles. The Labute approximate surface area is 135 Å². The summed E-state index contributed by atoms with van der Waals surface area (Å²) in [6.07, 6.45) is 10.9. The van der Waals surface area contributed by atoms with Gasteiger partial charge in [0.15, 0.2) is 5.96 Å². The number of hydrogen-bond acceptors (Lipinski definition) is 2. The van der Waals surface area contributed by atoms with E-state index in [9.17, 15) is 0 Å². The molecule has 1 spiro atoms. The summed E-state index contributed by atoms with van der Waals surface area (Å²) in [4.78, 5) is 4.47. The molecule has 1 aliphatic heterocycles. The van der Waals surface area contributed by atoms with Crippen molar-refractivity contribution in [1.82, 2.24) is 10.6 Å². The Morgan fingerprint density at radius 2 is 2.18 bits per heavy atom. The fourth-order valence-electron chi connectivity index (χ4n) is 4.78. The molecular formula is C18H33N3O. The molecule has 1 saturated heterocycles. The van der Waals surface area contributed by atoms with E-state index in [1.54, 1.807) is 0 Å². The maximum atomic E-state index is 6.00. The van der Waals surface area contributed by atoms with E-state index in [0.717, 1.165) is 12.6 Å². The Balaban J connectivity index is 1.52. The quantitative estimate of drug-likeness (QED) is 0.450. The van der Waals surface area contributed by atoms with Crippen LogP contribution in [0.15, 0.2) is 4.99 Å². The summed E-state index contributed by atoms with van der Waals surface area (Å²) in [6, 6.07) is 1.06. The molecule has 0 radical (unpaired) electrons. The van der Waals surface area contributed by atoms with Gasteiger partial charge in [0, 0.05) is 37.1 Å². The largest absolute Gasteiger partial charge is 0.377 e. The average molecular weight is 307 g/mol. The fourth-order valence-corrected chi connectivity index (χ4v) is 4.78. The van der Waals surface area contributed by atoms with Crippen molar-refractivity contribution in [2.45, 2.75) is 83.4 Å². The first-order chi connectivity index (χ1) is 10.7. The lowest BCUT2D eigenvalue weighted by Crippen LogP contribution is -2.72. The molecule has 4 heteroatoms. The minimum atomic E-state index is 0.421. The molecule has 0 bridgehead atoms. The molecular weight excluding hydrogens is 274 g/mol. The van der Waals surface area contributed by atoms with Crippen molar-refractivity contribution in [3.05, 3.63) is 0 Å². The summed E-state index contributed by atoms with van der Waals surface area (Å²) >= 11 is 0. The number of ether oxygens (including phenoxy) is 1. The first-order valence-electron chi connectivity index (χ1n) is 9.32. The number of nitrogens with zero attached hydrogens (tertiary/aromatic N) is 1. The fraction of sp³-hybridized carbons (Fsp3) is 0.944. The van der Waals surface area contributed by atoms with Crippen LogP contribution >= 0.6 is 0 Å². The smallest absolute Gasteiger partial charge is 0.191 e. The van der Waals surface area contributed by atoms with E-state index in [-0.39, 0.29) is 0 Å². The minimum Gasteiger partial charge on any atom is -0.377 e.